The second kappa shape index (κ2) is 4.79. The minimum absolute atomic E-state index is 0.464. The number of hydrogen-bond acceptors (Lipinski definition) is 2. The number of imidazole rings is 1. The second-order valence-corrected chi connectivity index (χ2v) is 6.50. The molecule has 5 heteroatoms. The summed E-state index contributed by atoms with van der Waals surface area (Å²) in [5, 5.41) is 0.819. The van der Waals surface area contributed by atoms with Gasteiger partial charge in [-0.15, -0.1) is 0 Å². The van der Waals surface area contributed by atoms with Gasteiger partial charge in [0.05, 0.1) is 28.6 Å². The predicted octanol–water partition coefficient (Wildman–Crippen LogP) is 3.23. The van der Waals surface area contributed by atoms with Crippen molar-refractivity contribution < 1.29 is 8.68 Å². The van der Waals surface area contributed by atoms with Crippen molar-refractivity contribution in [3.63, 3.8) is 0 Å². The molecule has 0 saturated heterocycles. The maximum atomic E-state index is 8.21. The zero-order chi connectivity index (χ0) is 19.8. The van der Waals surface area contributed by atoms with Crippen LogP contribution in [0.4, 0.5) is 0 Å². The van der Waals surface area contributed by atoms with Crippen LogP contribution >= 0.6 is 0 Å². The monoisotopic (exact) mass is 341 g/mol. The van der Waals surface area contributed by atoms with E-state index in [0.717, 1.165) is 33.5 Å². The molecule has 0 radical (unpaired) electrons. The second-order valence-electron chi connectivity index (χ2n) is 6.50. The Balaban J connectivity index is 1.89. The number of nitrogens with zero attached hydrogens (tertiary/aromatic N) is 5. The van der Waals surface area contributed by atoms with Crippen LogP contribution in [-0.2, 0) is 13.5 Å². The van der Waals surface area contributed by atoms with Crippen LogP contribution in [0.25, 0.3) is 39.3 Å². The lowest BCUT2D eigenvalue weighted by atomic mass is 10.1. The fourth-order valence-corrected chi connectivity index (χ4v) is 4.07. The van der Waals surface area contributed by atoms with Gasteiger partial charge in [0.1, 0.15) is 5.69 Å². The summed E-state index contributed by atoms with van der Waals surface area (Å²) in [6.45, 7) is -1.79. The number of aryl methyl sites for hydroxylation is 1. The zero-order valence-electron chi connectivity index (χ0n) is 16.8. The van der Waals surface area contributed by atoms with E-state index in [0.29, 0.717) is 17.8 Å². The first-order valence-electron chi connectivity index (χ1n) is 9.98. The van der Waals surface area contributed by atoms with Gasteiger partial charge < -0.3 is 0 Å². The van der Waals surface area contributed by atoms with Crippen LogP contribution in [0.5, 0.6) is 0 Å². The molecule has 0 bridgehead atoms. The third-order valence-electron chi connectivity index (χ3n) is 5.11. The van der Waals surface area contributed by atoms with Crippen LogP contribution in [0.3, 0.4) is 0 Å². The van der Waals surface area contributed by atoms with Crippen LogP contribution in [0.2, 0.25) is 0 Å². The van der Waals surface area contributed by atoms with Gasteiger partial charge in [-0.05, 0) is 30.3 Å². The van der Waals surface area contributed by atoms with E-state index < -0.39 is 6.98 Å². The zero-order valence-corrected chi connectivity index (χ0v) is 13.8. The van der Waals surface area contributed by atoms with E-state index in [1.165, 1.54) is 4.57 Å². The SMILES string of the molecule is [2H]C([2H])([2H])n1c2ncccc2c2c1[n+]1c(n2-c2ccccc2)-c2ccncc2C1. The maximum Gasteiger partial charge on any atom is 0.271 e. The van der Waals surface area contributed by atoms with E-state index in [9.17, 15) is 0 Å². The molecule has 1 aliphatic heterocycles. The average Bonchev–Trinajstić information content (AvgIpc) is 3.34. The van der Waals surface area contributed by atoms with Crippen LogP contribution in [0.15, 0.2) is 67.1 Å². The lowest BCUT2D eigenvalue weighted by Crippen LogP contribution is -2.33. The molecule has 4 aromatic heterocycles. The summed E-state index contributed by atoms with van der Waals surface area (Å²) < 4.78 is 30.2. The molecule has 5 heterocycles. The Bertz CT molecular complexity index is 1410. The van der Waals surface area contributed by atoms with E-state index in [1.807, 2.05) is 54.7 Å². The van der Waals surface area contributed by atoms with Crippen molar-refractivity contribution in [2.75, 3.05) is 0 Å². The number of pyridine rings is 2. The molecule has 0 fully saturated rings. The minimum Gasteiger partial charge on any atom is -0.264 e. The molecule has 0 N–H and O–H groups in total. The number of benzene rings is 1. The highest BCUT2D eigenvalue weighted by molar-refractivity contribution is 6.04. The van der Waals surface area contributed by atoms with Crippen molar-refractivity contribution in [1.82, 2.24) is 19.1 Å². The van der Waals surface area contributed by atoms with Crippen LogP contribution < -0.4 is 4.57 Å². The third-order valence-corrected chi connectivity index (χ3v) is 5.11. The Hall–Kier alpha value is -3.47. The molecule has 5 nitrogen and oxygen atoms in total. The van der Waals surface area contributed by atoms with Crippen molar-refractivity contribution >= 4 is 22.2 Å². The Kier molecular flexibility index (Phi) is 2.06. The number of fused-ring (bicyclic) bond motifs is 7. The number of para-hydroxylation sites is 1. The summed E-state index contributed by atoms with van der Waals surface area (Å²) in [7, 11) is 0. The van der Waals surface area contributed by atoms with Gasteiger partial charge in [-0.25, -0.2) is 18.7 Å². The Morgan fingerprint density at radius 1 is 1.08 bits per heavy atom. The first-order valence-corrected chi connectivity index (χ1v) is 8.48. The van der Waals surface area contributed by atoms with Gasteiger partial charge >= 0.3 is 0 Å². The van der Waals surface area contributed by atoms with Crippen molar-refractivity contribution in [3.05, 3.63) is 72.7 Å². The molecule has 1 aromatic carbocycles. The van der Waals surface area contributed by atoms with Crippen molar-refractivity contribution in [1.29, 1.82) is 0 Å². The van der Waals surface area contributed by atoms with Crippen LogP contribution in [0, 0.1) is 0 Å². The summed E-state index contributed by atoms with van der Waals surface area (Å²) in [5.41, 5.74) is 5.08. The topological polar surface area (TPSA) is 39.5 Å². The van der Waals surface area contributed by atoms with Crippen molar-refractivity contribution in [3.8, 4) is 17.1 Å². The van der Waals surface area contributed by atoms with Gasteiger partial charge in [-0.2, -0.15) is 0 Å². The molecule has 0 amide bonds. The van der Waals surface area contributed by atoms with E-state index in [-0.39, 0.29) is 0 Å². The molecular weight excluding hydrogens is 322 g/mol. The van der Waals surface area contributed by atoms with E-state index in [1.54, 1.807) is 12.4 Å². The first-order chi connectivity index (χ1) is 14.1. The summed E-state index contributed by atoms with van der Waals surface area (Å²) >= 11 is 0. The van der Waals surface area contributed by atoms with Gasteiger partial charge in [0.25, 0.3) is 5.65 Å². The average molecular weight is 341 g/mol. The predicted molar refractivity (Wildman–Crippen MR) is 100 cm³/mol. The highest BCUT2D eigenvalue weighted by Gasteiger charge is 2.36. The van der Waals surface area contributed by atoms with Crippen molar-refractivity contribution in [2.24, 2.45) is 6.98 Å². The molecule has 5 aromatic rings. The van der Waals surface area contributed by atoms with Crippen LogP contribution in [-0.4, -0.2) is 19.1 Å². The Labute approximate surface area is 154 Å². The quantitative estimate of drug-likeness (QED) is 0.431. The van der Waals surface area contributed by atoms with Gasteiger partial charge in [0, 0.05) is 24.2 Å². The smallest absolute Gasteiger partial charge is 0.264 e. The number of aromatic nitrogens is 5. The fourth-order valence-electron chi connectivity index (χ4n) is 4.07. The van der Waals surface area contributed by atoms with Gasteiger partial charge in [-0.1, -0.05) is 18.2 Å². The lowest BCUT2D eigenvalue weighted by Gasteiger charge is -2.04. The van der Waals surface area contributed by atoms with Crippen molar-refractivity contribution in [2.45, 2.75) is 6.54 Å². The molecule has 26 heavy (non-hydrogen) atoms. The largest absolute Gasteiger partial charge is 0.271 e. The van der Waals surface area contributed by atoms with E-state index >= 15 is 0 Å². The molecule has 124 valence electrons. The summed E-state index contributed by atoms with van der Waals surface area (Å²) in [4.78, 5) is 8.69. The molecule has 0 aliphatic carbocycles. The molecule has 0 atom stereocenters. The molecule has 0 saturated carbocycles. The third kappa shape index (κ3) is 1.57. The van der Waals surface area contributed by atoms with E-state index in [2.05, 4.69) is 19.1 Å². The Morgan fingerprint density at radius 3 is 2.88 bits per heavy atom. The number of rotatable bonds is 1. The molecule has 6 rings (SSSR count). The lowest BCUT2D eigenvalue weighted by molar-refractivity contribution is -0.648. The maximum absolute atomic E-state index is 8.21. The standard InChI is InChI=1S/C21H16N5/c1-24-19-17(8-5-10-23-19)18-21(24)25-13-14-12-22-11-9-16(14)20(25)26(18)15-6-3-2-4-7-15/h2-12H,13H2,1H3/q+1/i1D3. The summed E-state index contributed by atoms with van der Waals surface area (Å²) in [6.07, 6.45) is 5.27. The molecular formula is C21H16N5+. The van der Waals surface area contributed by atoms with Gasteiger partial charge in [0.15, 0.2) is 5.52 Å². The van der Waals surface area contributed by atoms with Gasteiger partial charge in [0.2, 0.25) is 11.5 Å². The highest BCUT2D eigenvalue weighted by atomic mass is 15.3. The molecule has 1 aliphatic rings. The highest BCUT2D eigenvalue weighted by Crippen LogP contribution is 2.36. The normalized spacial score (nSPS) is 14.8. The van der Waals surface area contributed by atoms with E-state index in [4.69, 9.17) is 4.11 Å². The number of hydrogen-bond donors (Lipinski definition) is 0. The molecule has 0 unspecified atom stereocenters. The minimum atomic E-state index is -2.36. The Morgan fingerprint density at radius 2 is 2.00 bits per heavy atom. The summed E-state index contributed by atoms with van der Waals surface area (Å²) in [6, 6.07) is 15.8. The fraction of sp³-hybridized carbons (Fsp3) is 0.0952. The van der Waals surface area contributed by atoms with Crippen LogP contribution in [0.1, 0.15) is 9.68 Å². The molecule has 0 spiro atoms. The van der Waals surface area contributed by atoms with Gasteiger partial charge in [-0.3, -0.25) is 4.98 Å². The summed E-state index contributed by atoms with van der Waals surface area (Å²) in [5.74, 6) is 0.961. The first kappa shape index (κ1) is 11.2.